The van der Waals surface area contributed by atoms with Gasteiger partial charge in [-0.15, -0.1) is 0 Å². The summed E-state index contributed by atoms with van der Waals surface area (Å²) in [6.45, 7) is 6.55. The lowest BCUT2D eigenvalue weighted by atomic mass is 10.00. The minimum atomic E-state index is -3.35. The van der Waals surface area contributed by atoms with Crippen molar-refractivity contribution >= 4 is 10.2 Å². The van der Waals surface area contributed by atoms with Crippen molar-refractivity contribution in [2.75, 3.05) is 39.8 Å². The summed E-state index contributed by atoms with van der Waals surface area (Å²) >= 11 is 0. The zero-order valence-corrected chi connectivity index (χ0v) is 14.2. The fourth-order valence-corrected chi connectivity index (χ4v) is 4.60. The summed E-state index contributed by atoms with van der Waals surface area (Å²) in [5.41, 5.74) is 0. The van der Waals surface area contributed by atoms with Crippen LogP contribution in [0.3, 0.4) is 0 Å². The lowest BCUT2D eigenvalue weighted by Crippen LogP contribution is -2.50. The van der Waals surface area contributed by atoms with Crippen LogP contribution in [0.4, 0.5) is 0 Å². The quantitative estimate of drug-likeness (QED) is 0.635. The van der Waals surface area contributed by atoms with Gasteiger partial charge in [-0.1, -0.05) is 13.3 Å². The predicted molar refractivity (Wildman–Crippen MR) is 85.5 cm³/mol. The summed E-state index contributed by atoms with van der Waals surface area (Å²) in [5, 5.41) is 3.22. The summed E-state index contributed by atoms with van der Waals surface area (Å²) in [5.74, 6) is 0. The molecular weight excluding hydrogens is 288 g/mol. The smallest absolute Gasteiger partial charge is 0.279 e. The van der Waals surface area contributed by atoms with Crippen LogP contribution in [0, 0.1) is 0 Å². The van der Waals surface area contributed by atoms with E-state index < -0.39 is 10.2 Å². The van der Waals surface area contributed by atoms with E-state index in [0.29, 0.717) is 12.6 Å². The number of nitrogens with one attached hydrogen (secondary N) is 2. The lowest BCUT2D eigenvalue weighted by Gasteiger charge is -2.33. The van der Waals surface area contributed by atoms with Gasteiger partial charge in [-0.3, -0.25) is 4.90 Å². The molecule has 0 spiro atoms. The lowest BCUT2D eigenvalue weighted by molar-refractivity contribution is 0.185. The topological polar surface area (TPSA) is 64.7 Å². The molecule has 2 heterocycles. The highest BCUT2D eigenvalue weighted by Crippen LogP contribution is 2.27. The molecule has 6 nitrogen and oxygen atoms in total. The molecule has 0 amide bonds. The van der Waals surface area contributed by atoms with Gasteiger partial charge in [0.2, 0.25) is 0 Å². The van der Waals surface area contributed by atoms with E-state index in [2.05, 4.69) is 21.9 Å². The second kappa shape index (κ2) is 7.87. The van der Waals surface area contributed by atoms with Crippen molar-refractivity contribution in [1.82, 2.24) is 19.2 Å². The van der Waals surface area contributed by atoms with Crippen LogP contribution < -0.4 is 10.0 Å². The van der Waals surface area contributed by atoms with Crippen LogP contribution in [0.1, 0.15) is 39.0 Å². The average molecular weight is 318 g/mol. The molecule has 0 radical (unpaired) electrons. The third-order valence-corrected chi connectivity index (χ3v) is 6.25. The summed E-state index contributed by atoms with van der Waals surface area (Å²) in [6, 6.07) is 0.496. The van der Waals surface area contributed by atoms with Crippen LogP contribution in [0.15, 0.2) is 0 Å². The molecule has 0 aliphatic carbocycles. The first kappa shape index (κ1) is 17.1. The fourth-order valence-electron chi connectivity index (χ4n) is 3.39. The van der Waals surface area contributed by atoms with Crippen molar-refractivity contribution in [2.24, 2.45) is 0 Å². The van der Waals surface area contributed by atoms with Crippen molar-refractivity contribution in [3.63, 3.8) is 0 Å². The highest BCUT2D eigenvalue weighted by Gasteiger charge is 2.38. The first-order valence-electron chi connectivity index (χ1n) is 8.23. The van der Waals surface area contributed by atoms with Crippen LogP contribution in [0.2, 0.25) is 0 Å². The molecule has 0 aromatic heterocycles. The molecule has 2 aliphatic heterocycles. The number of nitrogens with zero attached hydrogens (tertiary/aromatic N) is 2. The molecule has 0 aromatic rings. The third kappa shape index (κ3) is 4.63. The van der Waals surface area contributed by atoms with E-state index >= 15 is 0 Å². The largest absolute Gasteiger partial charge is 0.317 e. The maximum Gasteiger partial charge on any atom is 0.279 e. The Labute approximate surface area is 129 Å². The average Bonchev–Trinajstić information content (AvgIpc) is 2.86. The second-order valence-electron chi connectivity index (χ2n) is 6.15. The Kier molecular flexibility index (Phi) is 6.43. The van der Waals surface area contributed by atoms with Crippen LogP contribution in [-0.4, -0.2) is 69.5 Å². The van der Waals surface area contributed by atoms with Gasteiger partial charge >= 0.3 is 0 Å². The highest BCUT2D eigenvalue weighted by molar-refractivity contribution is 7.87. The Balaban J connectivity index is 1.82. The predicted octanol–water partition coefficient (Wildman–Crippen LogP) is 0.379. The van der Waals surface area contributed by atoms with E-state index in [1.54, 1.807) is 7.05 Å². The van der Waals surface area contributed by atoms with Crippen LogP contribution >= 0.6 is 0 Å². The standard InChI is InChI=1S/C14H30N4O2S/c1-3-15-9-6-10-17(2)21(19,20)16-13-8-12-18-11-5-4-7-14(13)18/h13-16H,3-12H2,1-2H3. The van der Waals surface area contributed by atoms with Gasteiger partial charge in [0, 0.05) is 32.2 Å². The molecule has 2 atom stereocenters. The Morgan fingerprint density at radius 3 is 2.81 bits per heavy atom. The molecule has 0 bridgehead atoms. The van der Waals surface area contributed by atoms with Crippen LogP contribution in [0.5, 0.6) is 0 Å². The molecule has 124 valence electrons. The normalized spacial score (nSPS) is 27.2. The van der Waals surface area contributed by atoms with E-state index in [1.807, 2.05) is 0 Å². The van der Waals surface area contributed by atoms with Gasteiger partial charge in [-0.2, -0.15) is 17.4 Å². The maximum absolute atomic E-state index is 12.4. The van der Waals surface area contributed by atoms with Gasteiger partial charge < -0.3 is 5.32 Å². The van der Waals surface area contributed by atoms with Gasteiger partial charge in [0.05, 0.1) is 0 Å². The highest BCUT2D eigenvalue weighted by atomic mass is 32.2. The summed E-state index contributed by atoms with van der Waals surface area (Å²) in [6.07, 6.45) is 5.37. The van der Waals surface area contributed by atoms with Gasteiger partial charge in [-0.25, -0.2) is 0 Å². The Morgan fingerprint density at radius 1 is 1.24 bits per heavy atom. The molecular formula is C14H30N4O2S. The van der Waals surface area contributed by atoms with Crippen molar-refractivity contribution < 1.29 is 8.42 Å². The summed E-state index contributed by atoms with van der Waals surface area (Å²) in [7, 11) is -1.68. The van der Waals surface area contributed by atoms with Crippen LogP contribution in [0.25, 0.3) is 0 Å². The van der Waals surface area contributed by atoms with Gasteiger partial charge in [0.25, 0.3) is 10.2 Å². The Morgan fingerprint density at radius 2 is 2.05 bits per heavy atom. The molecule has 2 unspecified atom stereocenters. The zero-order valence-electron chi connectivity index (χ0n) is 13.3. The first-order valence-corrected chi connectivity index (χ1v) is 9.67. The number of fused-ring (bicyclic) bond motifs is 1. The van der Waals surface area contributed by atoms with Crippen molar-refractivity contribution in [1.29, 1.82) is 0 Å². The van der Waals surface area contributed by atoms with E-state index in [9.17, 15) is 8.42 Å². The Bertz CT molecular complexity index is 415. The molecule has 2 aliphatic rings. The minimum Gasteiger partial charge on any atom is -0.317 e. The number of hydrogen-bond acceptors (Lipinski definition) is 4. The molecule has 2 N–H and O–H groups in total. The zero-order chi connectivity index (χ0) is 15.3. The van der Waals surface area contributed by atoms with Crippen molar-refractivity contribution in [2.45, 2.75) is 51.1 Å². The number of piperidine rings is 1. The molecule has 2 rings (SSSR count). The fraction of sp³-hybridized carbons (Fsp3) is 1.00. The molecule has 2 saturated heterocycles. The number of hydrogen-bond donors (Lipinski definition) is 2. The molecule has 7 heteroatoms. The third-order valence-electron chi connectivity index (χ3n) is 4.64. The van der Waals surface area contributed by atoms with Gasteiger partial charge in [0.1, 0.15) is 0 Å². The Hall–Kier alpha value is -0.210. The summed E-state index contributed by atoms with van der Waals surface area (Å²) < 4.78 is 29.2. The monoisotopic (exact) mass is 318 g/mol. The van der Waals surface area contributed by atoms with Crippen molar-refractivity contribution in [3.8, 4) is 0 Å². The minimum absolute atomic E-state index is 0.0894. The van der Waals surface area contributed by atoms with Gasteiger partial charge in [-0.05, 0) is 45.3 Å². The molecule has 0 saturated carbocycles. The first-order chi connectivity index (χ1) is 10.0. The molecule has 21 heavy (non-hydrogen) atoms. The number of rotatable bonds is 8. The van der Waals surface area contributed by atoms with Gasteiger partial charge in [0.15, 0.2) is 0 Å². The van der Waals surface area contributed by atoms with Crippen LogP contribution in [-0.2, 0) is 10.2 Å². The molecule has 2 fully saturated rings. The van der Waals surface area contributed by atoms with E-state index in [4.69, 9.17) is 0 Å². The van der Waals surface area contributed by atoms with Crippen molar-refractivity contribution in [3.05, 3.63) is 0 Å². The second-order valence-corrected chi connectivity index (χ2v) is 7.95. The molecule has 0 aromatic carbocycles. The SMILES string of the molecule is CCNCCCN(C)S(=O)(=O)NC1CCN2CCCCC12. The van der Waals surface area contributed by atoms with E-state index in [-0.39, 0.29) is 6.04 Å². The van der Waals surface area contributed by atoms with E-state index in [0.717, 1.165) is 45.4 Å². The summed E-state index contributed by atoms with van der Waals surface area (Å²) in [4.78, 5) is 2.45. The maximum atomic E-state index is 12.4. The van der Waals surface area contributed by atoms with E-state index in [1.165, 1.54) is 17.1 Å².